The summed E-state index contributed by atoms with van der Waals surface area (Å²) in [5.41, 5.74) is 0. The molecule has 0 aromatic rings. The molecular weight excluding hydrogens is 685 g/mol. The fourth-order valence-corrected chi connectivity index (χ4v) is 5.10. The van der Waals surface area contributed by atoms with Crippen LogP contribution in [0.3, 0.4) is 0 Å². The van der Waals surface area contributed by atoms with E-state index in [4.69, 9.17) is 14.2 Å². The van der Waals surface area contributed by atoms with Crippen molar-refractivity contribution in [3.63, 3.8) is 0 Å². The predicted octanol–water partition coefficient (Wildman–Crippen LogP) is 13.6. The summed E-state index contributed by atoms with van der Waals surface area (Å²) in [6.07, 6.45) is 56.8. The van der Waals surface area contributed by atoms with E-state index in [1.165, 1.54) is 12.8 Å². The Hall–Kier alpha value is -3.93. The minimum atomic E-state index is -0.839. The van der Waals surface area contributed by atoms with E-state index in [1.54, 1.807) is 6.08 Å². The summed E-state index contributed by atoms with van der Waals surface area (Å²) in [5, 5.41) is 0. The van der Waals surface area contributed by atoms with Crippen LogP contribution in [-0.4, -0.2) is 37.2 Å². The lowest BCUT2D eigenvalue weighted by Crippen LogP contribution is -2.30. The fourth-order valence-electron chi connectivity index (χ4n) is 5.10. The number of ether oxygens (including phenoxy) is 3. The Bertz CT molecular complexity index is 1200. The maximum Gasteiger partial charge on any atom is 0.309 e. The predicted molar refractivity (Wildman–Crippen MR) is 233 cm³/mol. The zero-order valence-electron chi connectivity index (χ0n) is 34.9. The van der Waals surface area contributed by atoms with Gasteiger partial charge in [-0.15, -0.1) is 0 Å². The molecule has 0 aliphatic carbocycles. The Kier molecular flexibility index (Phi) is 39.7. The first-order chi connectivity index (χ1) is 27.0. The van der Waals surface area contributed by atoms with Gasteiger partial charge in [0.15, 0.2) is 6.10 Å². The van der Waals surface area contributed by atoms with Gasteiger partial charge in [-0.25, -0.2) is 0 Å². The van der Waals surface area contributed by atoms with E-state index in [2.05, 4.69) is 118 Å². The van der Waals surface area contributed by atoms with Gasteiger partial charge >= 0.3 is 17.9 Å². The van der Waals surface area contributed by atoms with Crippen LogP contribution < -0.4 is 0 Å². The Balaban J connectivity index is 4.55. The Morgan fingerprint density at radius 2 is 0.800 bits per heavy atom. The molecule has 6 heteroatoms. The molecule has 0 aromatic heterocycles. The Morgan fingerprint density at radius 3 is 1.35 bits per heavy atom. The molecule has 0 N–H and O–H groups in total. The zero-order chi connectivity index (χ0) is 40.1. The average molecular weight is 761 g/mol. The van der Waals surface area contributed by atoms with E-state index in [9.17, 15) is 14.4 Å². The summed E-state index contributed by atoms with van der Waals surface area (Å²) in [6.45, 7) is 6.17. The summed E-state index contributed by atoms with van der Waals surface area (Å²) in [6, 6.07) is 0. The van der Waals surface area contributed by atoms with Crippen molar-refractivity contribution in [2.45, 2.75) is 168 Å². The standard InChI is InChI=1S/C49H76O6/c1-4-7-10-13-16-19-21-22-23-24-25-26-28-30-33-36-39-42-48(51)54-45-46(44-53-47(50)41-38-35-32-29-18-15-12-9-6-3)55-49(52)43-40-37-34-31-27-20-17-14-11-8-5-2/h7,9-10,12,14,16-19,22-23,25-26,29-30,33,35,38,46H,4-6,8,11,13,15,20-21,24,27-28,31-32,34,36-37,39-45H2,1-3H3/b10-7-,12-9-,17-14-,19-16-,23-22-,26-25-,29-18-,33-30-,38-35-. The van der Waals surface area contributed by atoms with Gasteiger partial charge in [0.1, 0.15) is 13.2 Å². The summed E-state index contributed by atoms with van der Waals surface area (Å²) >= 11 is 0. The number of esters is 3. The molecule has 0 fully saturated rings. The van der Waals surface area contributed by atoms with Gasteiger partial charge in [0.2, 0.25) is 0 Å². The topological polar surface area (TPSA) is 78.9 Å². The highest BCUT2D eigenvalue weighted by molar-refractivity contribution is 5.72. The summed E-state index contributed by atoms with van der Waals surface area (Å²) in [5.74, 6) is -1.15. The number of hydrogen-bond donors (Lipinski definition) is 0. The molecule has 0 saturated heterocycles. The molecule has 1 atom stereocenters. The van der Waals surface area contributed by atoms with Crippen LogP contribution in [0.4, 0.5) is 0 Å². The molecule has 0 aliphatic heterocycles. The van der Waals surface area contributed by atoms with Crippen LogP contribution in [0.5, 0.6) is 0 Å². The monoisotopic (exact) mass is 761 g/mol. The number of hydrogen-bond acceptors (Lipinski definition) is 6. The maximum atomic E-state index is 12.7. The summed E-state index contributed by atoms with van der Waals surface area (Å²) in [7, 11) is 0. The van der Waals surface area contributed by atoms with E-state index in [0.717, 1.165) is 103 Å². The van der Waals surface area contributed by atoms with Gasteiger partial charge in [-0.1, -0.05) is 162 Å². The number of carbonyl (C=O) groups excluding carboxylic acids is 3. The van der Waals surface area contributed by atoms with Crippen LogP contribution in [0, 0.1) is 0 Å². The second-order valence-electron chi connectivity index (χ2n) is 13.5. The van der Waals surface area contributed by atoms with Crippen LogP contribution >= 0.6 is 0 Å². The number of rotatable bonds is 36. The Morgan fingerprint density at radius 1 is 0.400 bits per heavy atom. The molecule has 0 aromatic carbocycles. The van der Waals surface area contributed by atoms with Gasteiger partial charge in [0, 0.05) is 12.8 Å². The third-order valence-electron chi connectivity index (χ3n) is 8.28. The van der Waals surface area contributed by atoms with Crippen LogP contribution in [-0.2, 0) is 28.6 Å². The highest BCUT2D eigenvalue weighted by atomic mass is 16.6. The van der Waals surface area contributed by atoms with E-state index in [-0.39, 0.29) is 44.4 Å². The number of allylic oxidation sites excluding steroid dienone is 17. The fraction of sp³-hybridized carbons (Fsp3) is 0.571. The first kappa shape index (κ1) is 51.1. The molecule has 0 rings (SSSR count). The van der Waals surface area contributed by atoms with Crippen molar-refractivity contribution in [3.8, 4) is 0 Å². The summed E-state index contributed by atoms with van der Waals surface area (Å²) in [4.78, 5) is 37.5. The molecule has 0 radical (unpaired) electrons. The molecule has 0 spiro atoms. The number of carbonyl (C=O) groups is 3. The zero-order valence-corrected chi connectivity index (χ0v) is 34.9. The van der Waals surface area contributed by atoms with Crippen molar-refractivity contribution in [2.24, 2.45) is 0 Å². The first-order valence-corrected chi connectivity index (χ1v) is 21.4. The molecule has 0 saturated carbocycles. The Labute approximate surface area is 336 Å². The quantitative estimate of drug-likeness (QED) is 0.0274. The normalized spacial score (nSPS) is 13.1. The third-order valence-corrected chi connectivity index (χ3v) is 8.28. The van der Waals surface area contributed by atoms with E-state index < -0.39 is 12.1 Å². The molecule has 0 amide bonds. The van der Waals surface area contributed by atoms with E-state index in [1.807, 2.05) is 6.08 Å². The largest absolute Gasteiger partial charge is 0.462 e. The third kappa shape index (κ3) is 41.1. The smallest absolute Gasteiger partial charge is 0.309 e. The number of unbranched alkanes of at least 4 members (excludes halogenated alkanes) is 8. The van der Waals surface area contributed by atoms with E-state index >= 15 is 0 Å². The molecule has 308 valence electrons. The highest BCUT2D eigenvalue weighted by Crippen LogP contribution is 2.11. The molecule has 0 aliphatic rings. The molecule has 0 heterocycles. The van der Waals surface area contributed by atoms with Crippen LogP contribution in [0.25, 0.3) is 0 Å². The molecular formula is C49H76O6. The first-order valence-electron chi connectivity index (χ1n) is 21.4. The lowest BCUT2D eigenvalue weighted by molar-refractivity contribution is -0.166. The van der Waals surface area contributed by atoms with Gasteiger partial charge in [-0.3, -0.25) is 14.4 Å². The van der Waals surface area contributed by atoms with Crippen molar-refractivity contribution >= 4 is 17.9 Å². The van der Waals surface area contributed by atoms with Gasteiger partial charge in [0.05, 0.1) is 6.42 Å². The maximum absolute atomic E-state index is 12.7. The molecule has 6 nitrogen and oxygen atoms in total. The second-order valence-corrected chi connectivity index (χ2v) is 13.5. The average Bonchev–Trinajstić information content (AvgIpc) is 3.18. The minimum absolute atomic E-state index is 0.119. The van der Waals surface area contributed by atoms with Crippen molar-refractivity contribution in [3.05, 3.63) is 109 Å². The van der Waals surface area contributed by atoms with Gasteiger partial charge < -0.3 is 14.2 Å². The second kappa shape index (κ2) is 42.8. The van der Waals surface area contributed by atoms with Crippen molar-refractivity contribution in [2.75, 3.05) is 13.2 Å². The lowest BCUT2D eigenvalue weighted by Gasteiger charge is -2.18. The van der Waals surface area contributed by atoms with Gasteiger partial charge in [0.25, 0.3) is 0 Å². The molecule has 55 heavy (non-hydrogen) atoms. The van der Waals surface area contributed by atoms with Crippen molar-refractivity contribution < 1.29 is 28.6 Å². The van der Waals surface area contributed by atoms with Crippen molar-refractivity contribution in [1.82, 2.24) is 0 Å². The van der Waals surface area contributed by atoms with Gasteiger partial charge in [-0.2, -0.15) is 0 Å². The van der Waals surface area contributed by atoms with E-state index in [0.29, 0.717) is 6.42 Å². The van der Waals surface area contributed by atoms with Crippen molar-refractivity contribution in [1.29, 1.82) is 0 Å². The minimum Gasteiger partial charge on any atom is -0.462 e. The lowest BCUT2D eigenvalue weighted by atomic mass is 10.1. The molecule has 0 bridgehead atoms. The SMILES string of the molecule is CC/C=C\C/C=C\C/C=C\C/C=C\C/C=C\CCCC(=O)OCC(COC(=O)C/C=C\C/C=C\C/C=C\CC)OC(=O)CCCCCCC/C=C\CCCC. The van der Waals surface area contributed by atoms with Gasteiger partial charge in [-0.05, 0) is 89.9 Å². The van der Waals surface area contributed by atoms with Crippen LogP contribution in [0.15, 0.2) is 109 Å². The highest BCUT2D eigenvalue weighted by Gasteiger charge is 2.19. The molecule has 1 unspecified atom stereocenters. The van der Waals surface area contributed by atoms with Crippen LogP contribution in [0.1, 0.15) is 162 Å². The summed E-state index contributed by atoms with van der Waals surface area (Å²) < 4.78 is 16.5. The van der Waals surface area contributed by atoms with Crippen LogP contribution in [0.2, 0.25) is 0 Å².